The van der Waals surface area contributed by atoms with E-state index in [1.54, 1.807) is 6.92 Å². The lowest BCUT2D eigenvalue weighted by molar-refractivity contribution is -0.274. The molecule has 10 nitrogen and oxygen atoms in total. The molecule has 1 fully saturated rings. The zero-order valence-corrected chi connectivity index (χ0v) is 25.2. The molecule has 17 heteroatoms. The quantitative estimate of drug-likeness (QED) is 0.335. The Morgan fingerprint density at radius 3 is 2.20 bits per heavy atom. The van der Waals surface area contributed by atoms with E-state index in [0.717, 1.165) is 43.4 Å². The van der Waals surface area contributed by atoms with E-state index in [-0.39, 0.29) is 24.4 Å². The summed E-state index contributed by atoms with van der Waals surface area (Å²) in [6.07, 6.45) is -8.10. The van der Waals surface area contributed by atoms with Crippen LogP contribution in [0.15, 0.2) is 18.2 Å². The average Bonchev–Trinajstić information content (AvgIpc) is 3.28. The largest absolute Gasteiger partial charge is 0.573 e. The number of aryl methyl sites for hydroxylation is 1. The lowest BCUT2D eigenvalue weighted by Crippen LogP contribution is -2.45. The number of nitrogens with one attached hydrogen (secondary N) is 1. The van der Waals surface area contributed by atoms with Crippen molar-refractivity contribution in [2.75, 3.05) is 6.54 Å². The van der Waals surface area contributed by atoms with E-state index < -0.39 is 76.2 Å². The van der Waals surface area contributed by atoms with Crippen LogP contribution >= 0.6 is 0 Å². The molecule has 0 saturated heterocycles. The highest BCUT2D eigenvalue weighted by Crippen LogP contribution is 2.42. The molecule has 1 aromatic heterocycles. The van der Waals surface area contributed by atoms with Gasteiger partial charge < -0.3 is 20.9 Å². The number of alkyl halides is 6. The number of aromatic nitrogens is 2. The molecule has 0 atom stereocenters. The number of nitrogens with two attached hydrogens (primary N) is 1. The van der Waals surface area contributed by atoms with E-state index in [1.807, 2.05) is 0 Å². The number of carbonyl (C=O) groups excluding carboxylic acids is 2. The highest BCUT2D eigenvalue weighted by Gasteiger charge is 2.47. The van der Waals surface area contributed by atoms with Crippen LogP contribution in [0.4, 0.5) is 26.3 Å². The number of benzene rings is 1. The maximum absolute atomic E-state index is 13.4. The van der Waals surface area contributed by atoms with E-state index in [4.69, 9.17) is 14.2 Å². The van der Waals surface area contributed by atoms with Gasteiger partial charge in [-0.05, 0) is 55.7 Å². The minimum atomic E-state index is -5.24. The van der Waals surface area contributed by atoms with Gasteiger partial charge in [-0.15, -0.1) is 13.2 Å². The fraction of sp³-hybridized carbons (Fsp3) is 0.593. The number of hydrogen-bond donors (Lipinski definition) is 3. The smallest absolute Gasteiger partial charge is 0.404 e. The lowest BCUT2D eigenvalue weighted by atomic mass is 9.79. The van der Waals surface area contributed by atoms with Crippen molar-refractivity contribution < 1.29 is 54.2 Å². The number of ether oxygens (including phenoxy) is 1. The van der Waals surface area contributed by atoms with E-state index in [2.05, 4.69) is 22.0 Å². The summed E-state index contributed by atoms with van der Waals surface area (Å²) >= 11 is -0.750. The highest BCUT2D eigenvalue weighted by molar-refractivity contribution is 7.51. The molecule has 0 bridgehead atoms. The molecule has 0 radical (unpaired) electrons. The second kappa shape index (κ2) is 14.1. The number of hydrogen-bond acceptors (Lipinski definition) is 7. The molecular formula is C27H34F6N4O6S. The number of imidazole rings is 1. The Labute approximate surface area is 252 Å². The summed E-state index contributed by atoms with van der Waals surface area (Å²) < 4.78 is 102. The molecule has 1 heterocycles. The standard InChI is InChI=1S/C27H34F6N4O4.O2S/c1-5-19-36-20(23(39)35-14-25(40)10-8-15(2)9-11-25)21(22(34)38)37(19)17-7-6-16(12-18(17)41-27(31,32)33)13-24(3,4)26(28,29)30;1-3-2/h6-7,12,15,40H,5,8-11,13-14H2,1-4H3,(H2,34,38)(H,35,39);. The predicted octanol–water partition coefficient (Wildman–Crippen LogP) is 4.56. The maximum atomic E-state index is 13.4. The summed E-state index contributed by atoms with van der Waals surface area (Å²) in [7, 11) is 0. The Kier molecular flexibility index (Phi) is 11.8. The minimum absolute atomic E-state index is 0.0236. The fourth-order valence-electron chi connectivity index (χ4n) is 4.82. The molecule has 1 aliphatic carbocycles. The van der Waals surface area contributed by atoms with Crippen LogP contribution in [0.5, 0.6) is 5.75 Å². The zero-order valence-electron chi connectivity index (χ0n) is 24.4. The first kappa shape index (κ1) is 36.7. The van der Waals surface area contributed by atoms with Crippen molar-refractivity contribution in [3.63, 3.8) is 0 Å². The molecule has 44 heavy (non-hydrogen) atoms. The van der Waals surface area contributed by atoms with Crippen molar-refractivity contribution in [2.24, 2.45) is 17.1 Å². The topological polar surface area (TPSA) is 154 Å². The Hall–Kier alpha value is -3.47. The van der Waals surface area contributed by atoms with Crippen LogP contribution in [0.25, 0.3) is 5.69 Å². The number of amides is 2. The first-order valence-electron chi connectivity index (χ1n) is 13.5. The molecule has 0 spiro atoms. The Morgan fingerprint density at radius 1 is 1.16 bits per heavy atom. The van der Waals surface area contributed by atoms with Gasteiger partial charge in [0, 0.05) is 13.0 Å². The van der Waals surface area contributed by atoms with Gasteiger partial charge in [0.2, 0.25) is 0 Å². The molecule has 2 aromatic rings. The predicted molar refractivity (Wildman–Crippen MR) is 146 cm³/mol. The van der Waals surface area contributed by atoms with Gasteiger partial charge in [-0.2, -0.15) is 21.6 Å². The number of halogens is 6. The SMILES string of the molecule is CCc1nc(C(=O)NCC2(O)CCC(C)CC2)c(C(N)=O)n1-c1ccc(CC(C)(C)C(F)(F)F)cc1OC(F)(F)F.O=S=O. The third-order valence-electron chi connectivity index (χ3n) is 7.40. The Bertz CT molecular complexity index is 1380. The fourth-order valence-corrected chi connectivity index (χ4v) is 4.82. The van der Waals surface area contributed by atoms with Crippen LogP contribution in [0.2, 0.25) is 0 Å². The molecule has 3 rings (SSSR count). The normalized spacial score (nSPS) is 19.0. The highest BCUT2D eigenvalue weighted by atomic mass is 32.1. The van der Waals surface area contributed by atoms with Crippen molar-refractivity contribution in [3.05, 3.63) is 41.0 Å². The van der Waals surface area contributed by atoms with Crippen molar-refractivity contribution in [2.45, 2.75) is 84.4 Å². The molecule has 1 aromatic carbocycles. The summed E-state index contributed by atoms with van der Waals surface area (Å²) in [6.45, 7) is 5.31. The molecular weight excluding hydrogens is 622 g/mol. The van der Waals surface area contributed by atoms with Crippen molar-refractivity contribution in [1.82, 2.24) is 14.9 Å². The Morgan fingerprint density at radius 2 is 1.73 bits per heavy atom. The second-order valence-electron chi connectivity index (χ2n) is 11.3. The minimum Gasteiger partial charge on any atom is -0.404 e. The number of nitrogens with zero attached hydrogens (tertiary/aromatic N) is 2. The van der Waals surface area contributed by atoms with E-state index >= 15 is 0 Å². The molecule has 0 unspecified atom stereocenters. The number of carbonyl (C=O) groups is 2. The summed E-state index contributed by atoms with van der Waals surface area (Å²) in [5, 5.41) is 13.4. The van der Waals surface area contributed by atoms with Crippen LogP contribution in [-0.4, -0.2) is 59.6 Å². The first-order valence-corrected chi connectivity index (χ1v) is 14.1. The van der Waals surface area contributed by atoms with Crippen LogP contribution in [0.3, 0.4) is 0 Å². The maximum Gasteiger partial charge on any atom is 0.573 e. The monoisotopic (exact) mass is 656 g/mol. The third-order valence-corrected chi connectivity index (χ3v) is 7.40. The summed E-state index contributed by atoms with van der Waals surface area (Å²) in [5.41, 5.74) is 0.609. The van der Waals surface area contributed by atoms with E-state index in [1.165, 1.54) is 6.07 Å². The summed E-state index contributed by atoms with van der Waals surface area (Å²) in [6, 6.07) is 3.04. The van der Waals surface area contributed by atoms with Gasteiger partial charge in [0.25, 0.3) is 11.8 Å². The van der Waals surface area contributed by atoms with Gasteiger partial charge >= 0.3 is 24.1 Å². The van der Waals surface area contributed by atoms with Crippen molar-refractivity contribution >= 4 is 23.4 Å². The van der Waals surface area contributed by atoms with Gasteiger partial charge in [-0.1, -0.05) is 33.8 Å². The average molecular weight is 657 g/mol. The van der Waals surface area contributed by atoms with Crippen LogP contribution < -0.4 is 15.8 Å². The molecule has 246 valence electrons. The third kappa shape index (κ3) is 9.27. The zero-order chi connectivity index (χ0) is 33.7. The van der Waals surface area contributed by atoms with Crippen molar-refractivity contribution in [3.8, 4) is 11.4 Å². The molecule has 1 saturated carbocycles. The Balaban J connectivity index is 0.00000216. The van der Waals surface area contributed by atoms with Gasteiger partial charge in [0.15, 0.2) is 11.4 Å². The first-order chi connectivity index (χ1) is 20.2. The van der Waals surface area contributed by atoms with Crippen molar-refractivity contribution in [1.29, 1.82) is 0 Å². The number of aliphatic hydroxyl groups is 1. The van der Waals surface area contributed by atoms with E-state index in [0.29, 0.717) is 18.8 Å². The summed E-state index contributed by atoms with van der Waals surface area (Å²) in [4.78, 5) is 29.8. The molecule has 2 amide bonds. The van der Waals surface area contributed by atoms with Crippen LogP contribution in [0.1, 0.15) is 85.7 Å². The summed E-state index contributed by atoms with van der Waals surface area (Å²) in [5.74, 6) is -2.56. The van der Waals surface area contributed by atoms with Crippen LogP contribution in [-0.2, 0) is 24.4 Å². The van der Waals surface area contributed by atoms with Gasteiger partial charge in [-0.3, -0.25) is 14.2 Å². The van der Waals surface area contributed by atoms with Crippen LogP contribution in [0, 0.1) is 11.3 Å². The van der Waals surface area contributed by atoms with Gasteiger partial charge in [0.1, 0.15) is 11.5 Å². The van der Waals surface area contributed by atoms with Gasteiger partial charge in [0.05, 0.1) is 16.7 Å². The lowest BCUT2D eigenvalue weighted by Gasteiger charge is -2.34. The van der Waals surface area contributed by atoms with Gasteiger partial charge in [-0.25, -0.2) is 4.98 Å². The number of primary amides is 1. The molecule has 0 aliphatic heterocycles. The number of rotatable bonds is 9. The molecule has 1 aliphatic rings. The second-order valence-corrected chi connectivity index (χ2v) is 11.5. The van der Waals surface area contributed by atoms with E-state index in [9.17, 15) is 41.0 Å². The molecule has 4 N–H and O–H groups in total.